The van der Waals surface area contributed by atoms with Crippen molar-refractivity contribution in [3.63, 3.8) is 0 Å². The van der Waals surface area contributed by atoms with Crippen molar-refractivity contribution in [3.8, 4) is 0 Å². The van der Waals surface area contributed by atoms with Crippen molar-refractivity contribution in [1.29, 1.82) is 0 Å². The van der Waals surface area contributed by atoms with Gasteiger partial charge in [0.1, 0.15) is 0 Å². The van der Waals surface area contributed by atoms with Crippen molar-refractivity contribution in [3.05, 3.63) is 59.8 Å². The van der Waals surface area contributed by atoms with Gasteiger partial charge in [-0.3, -0.25) is 0 Å². The van der Waals surface area contributed by atoms with E-state index >= 15 is 0 Å². The van der Waals surface area contributed by atoms with Gasteiger partial charge >= 0.3 is 0 Å². The van der Waals surface area contributed by atoms with E-state index in [9.17, 15) is 0 Å². The third-order valence-corrected chi connectivity index (χ3v) is 20.3. The molecule has 1 heterocycles. The summed E-state index contributed by atoms with van der Waals surface area (Å²) in [7, 11) is 0. The zero-order chi connectivity index (χ0) is 38.8. The van der Waals surface area contributed by atoms with Crippen LogP contribution in [0.4, 0.5) is 0 Å². The van der Waals surface area contributed by atoms with E-state index in [0.29, 0.717) is 6.04 Å². The maximum absolute atomic E-state index is 4.34. The first-order valence-electron chi connectivity index (χ1n) is 26.5. The van der Waals surface area contributed by atoms with Crippen LogP contribution >= 0.6 is 0 Å². The number of hydrogen-bond donors (Lipinski definition) is 2. The van der Waals surface area contributed by atoms with Crippen LogP contribution < -0.4 is 10.6 Å². The highest BCUT2D eigenvalue weighted by atomic mass is 14.9. The van der Waals surface area contributed by atoms with E-state index in [1.54, 1.807) is 6.42 Å². The Morgan fingerprint density at radius 1 is 0.638 bits per heavy atom. The van der Waals surface area contributed by atoms with Crippen LogP contribution in [0.15, 0.2) is 59.8 Å². The van der Waals surface area contributed by atoms with Gasteiger partial charge in [0.05, 0.1) is 0 Å². The molecule has 9 aliphatic carbocycles. The monoisotopic (exact) mass is 787 g/mol. The van der Waals surface area contributed by atoms with Crippen molar-refractivity contribution < 1.29 is 0 Å². The molecule has 15 unspecified atom stereocenters. The quantitative estimate of drug-likeness (QED) is 0.204. The first-order valence-corrected chi connectivity index (χ1v) is 26.5. The van der Waals surface area contributed by atoms with Gasteiger partial charge in [-0.25, -0.2) is 0 Å². The lowest BCUT2D eigenvalue weighted by molar-refractivity contribution is 0.0687. The molecule has 2 N–H and O–H groups in total. The Balaban J connectivity index is 0.803. The molecule has 2 heteroatoms. The molecule has 1 aliphatic heterocycles. The molecule has 0 amide bonds. The van der Waals surface area contributed by atoms with Gasteiger partial charge in [-0.1, -0.05) is 80.4 Å². The molecule has 2 nitrogen and oxygen atoms in total. The lowest BCUT2D eigenvalue weighted by Gasteiger charge is -2.49. The number of hydrogen-bond acceptors (Lipinski definition) is 2. The highest BCUT2D eigenvalue weighted by Gasteiger charge is 2.46. The van der Waals surface area contributed by atoms with Gasteiger partial charge in [-0.15, -0.1) is 0 Å². The third-order valence-electron chi connectivity index (χ3n) is 20.3. The van der Waals surface area contributed by atoms with Crippen molar-refractivity contribution in [2.45, 2.75) is 173 Å². The van der Waals surface area contributed by atoms with Crippen LogP contribution in [0, 0.1) is 94.7 Å². The van der Waals surface area contributed by atoms with Gasteiger partial charge in [0.15, 0.2) is 0 Å². The lowest BCUT2D eigenvalue weighted by Crippen LogP contribution is -2.45. The van der Waals surface area contributed by atoms with E-state index in [1.807, 2.05) is 11.1 Å². The van der Waals surface area contributed by atoms with E-state index in [1.165, 1.54) is 174 Å². The van der Waals surface area contributed by atoms with Crippen LogP contribution in [0.5, 0.6) is 0 Å². The molecule has 0 aromatic rings. The van der Waals surface area contributed by atoms with E-state index in [-0.39, 0.29) is 0 Å². The van der Waals surface area contributed by atoms with Crippen molar-refractivity contribution in [1.82, 2.24) is 10.6 Å². The minimum absolute atomic E-state index is 0.638. The highest BCUT2D eigenvalue weighted by molar-refractivity contribution is 5.36. The summed E-state index contributed by atoms with van der Waals surface area (Å²) in [5.41, 5.74) is 3.79. The van der Waals surface area contributed by atoms with Gasteiger partial charge < -0.3 is 10.6 Å². The normalized spacial score (nSPS) is 44.9. The minimum Gasteiger partial charge on any atom is -0.316 e. The largest absolute Gasteiger partial charge is 0.316 e. The van der Waals surface area contributed by atoms with Crippen LogP contribution in [-0.4, -0.2) is 25.7 Å². The average molecular weight is 787 g/mol. The number of fused-ring (bicyclic) bond motifs is 4. The Hall–Kier alpha value is -1.38. The summed E-state index contributed by atoms with van der Waals surface area (Å²) < 4.78 is 0. The van der Waals surface area contributed by atoms with Crippen molar-refractivity contribution >= 4 is 0 Å². The molecule has 15 atom stereocenters. The molecule has 0 spiro atoms. The van der Waals surface area contributed by atoms with Gasteiger partial charge in [0.25, 0.3) is 0 Å². The standard InChI is InChI=1S/C56H86N2/c1-38(47-29-31-54(52-18-8-6-16-50(47)52)55-32-30-48(46-33-34-57-36-46)51-17-7-9-19-53(51)55)21-22-45(37-58-56-20-10-14-42-12-4-5-15-49(42)56)41-25-23-40(24-26-41)44-28-27-39-11-2-3-13-43(39)35-44/h2,8-11,18-20,38-52,54,56-58H,3-7,12-17,21-37H2,1H3. The fourth-order valence-electron chi connectivity index (χ4n) is 17.2. The Bertz CT molecular complexity index is 1500. The van der Waals surface area contributed by atoms with E-state index in [4.69, 9.17) is 0 Å². The van der Waals surface area contributed by atoms with Crippen LogP contribution in [-0.2, 0) is 0 Å². The summed E-state index contributed by atoms with van der Waals surface area (Å²) in [6.45, 7) is 6.55. The second-order valence-corrected chi connectivity index (χ2v) is 22.9. The maximum atomic E-state index is 4.34. The summed E-state index contributed by atoms with van der Waals surface area (Å²) in [5.74, 6) is 14.7. The lowest BCUT2D eigenvalue weighted by atomic mass is 9.55. The highest BCUT2D eigenvalue weighted by Crippen LogP contribution is 2.55. The molecule has 0 radical (unpaired) electrons. The SMILES string of the molecule is CC(CCC(CNC1C=CCC2CCCCC21)C1CCC(C2CCC3C=CCCC3C2)CC1)C1CCC(C2=C3C=CCCC3C(C3CCNC3)CC2)C2C=CCCC21. The number of rotatable bonds is 11. The van der Waals surface area contributed by atoms with Gasteiger partial charge in [-0.2, -0.15) is 0 Å². The number of nitrogens with one attached hydrogen (secondary N) is 2. The van der Waals surface area contributed by atoms with E-state index in [2.05, 4.69) is 66.2 Å². The molecule has 0 aromatic carbocycles. The Morgan fingerprint density at radius 2 is 1.50 bits per heavy atom. The predicted octanol–water partition coefficient (Wildman–Crippen LogP) is 13.8. The molecule has 5 fully saturated rings. The number of allylic oxidation sites excluding steroid dienone is 9. The van der Waals surface area contributed by atoms with Gasteiger partial charge in [-0.05, 0) is 261 Å². The van der Waals surface area contributed by atoms with Crippen LogP contribution in [0.25, 0.3) is 0 Å². The zero-order valence-corrected chi connectivity index (χ0v) is 37.2. The summed E-state index contributed by atoms with van der Waals surface area (Å²) in [5, 5.41) is 8.07. The summed E-state index contributed by atoms with van der Waals surface area (Å²) in [4.78, 5) is 0. The molecular weight excluding hydrogens is 701 g/mol. The third kappa shape index (κ3) is 8.67. The summed E-state index contributed by atoms with van der Waals surface area (Å²) in [6.07, 6.45) is 57.3. The minimum atomic E-state index is 0.638. The first kappa shape index (κ1) is 40.7. The molecule has 0 aromatic heterocycles. The van der Waals surface area contributed by atoms with Crippen LogP contribution in [0.2, 0.25) is 0 Å². The molecular formula is C56H86N2. The van der Waals surface area contributed by atoms with E-state index < -0.39 is 0 Å². The smallest absolute Gasteiger partial charge is 0.0281 e. The molecule has 0 bridgehead atoms. The first-order chi connectivity index (χ1) is 28.7. The second kappa shape index (κ2) is 18.9. The fourth-order valence-corrected chi connectivity index (χ4v) is 17.2. The van der Waals surface area contributed by atoms with Gasteiger partial charge in [0.2, 0.25) is 0 Å². The van der Waals surface area contributed by atoms with Crippen LogP contribution in [0.3, 0.4) is 0 Å². The second-order valence-electron chi connectivity index (χ2n) is 22.9. The maximum Gasteiger partial charge on any atom is 0.0281 e. The zero-order valence-electron chi connectivity index (χ0n) is 37.2. The molecule has 1 saturated heterocycles. The summed E-state index contributed by atoms with van der Waals surface area (Å²) in [6, 6.07) is 0.638. The average Bonchev–Trinajstić information content (AvgIpc) is 3.83. The molecule has 58 heavy (non-hydrogen) atoms. The Kier molecular flexibility index (Phi) is 13.3. The Labute approximate surface area is 356 Å². The Morgan fingerprint density at radius 3 is 2.41 bits per heavy atom. The van der Waals surface area contributed by atoms with Crippen LogP contribution in [0.1, 0.15) is 167 Å². The topological polar surface area (TPSA) is 24.1 Å². The van der Waals surface area contributed by atoms with Gasteiger partial charge in [0, 0.05) is 6.04 Å². The van der Waals surface area contributed by atoms with Crippen molar-refractivity contribution in [2.75, 3.05) is 19.6 Å². The molecule has 4 saturated carbocycles. The molecule has 10 rings (SSSR count). The predicted molar refractivity (Wildman–Crippen MR) is 245 cm³/mol. The van der Waals surface area contributed by atoms with Crippen molar-refractivity contribution in [2.24, 2.45) is 94.7 Å². The molecule has 10 aliphatic rings. The molecule has 320 valence electrons. The van der Waals surface area contributed by atoms with E-state index in [0.717, 1.165) is 94.7 Å². The summed E-state index contributed by atoms with van der Waals surface area (Å²) >= 11 is 0. The fraction of sp³-hybridized carbons (Fsp3) is 0.821.